The van der Waals surface area contributed by atoms with Gasteiger partial charge in [0.25, 0.3) is 11.7 Å². The van der Waals surface area contributed by atoms with E-state index in [0.29, 0.717) is 28.7 Å². The molecule has 1 atom stereocenters. The van der Waals surface area contributed by atoms with Gasteiger partial charge in [0.05, 0.1) is 12.2 Å². The Kier molecular flexibility index (Phi) is 6.76. The molecule has 1 aliphatic heterocycles. The van der Waals surface area contributed by atoms with Gasteiger partial charge in [0.1, 0.15) is 17.6 Å². The van der Waals surface area contributed by atoms with E-state index in [2.05, 4.69) is 0 Å². The van der Waals surface area contributed by atoms with Gasteiger partial charge >= 0.3 is 0 Å². The highest BCUT2D eigenvalue weighted by atomic mass is 32.1. The average molecular weight is 498 g/mol. The van der Waals surface area contributed by atoms with Gasteiger partial charge in [-0.1, -0.05) is 13.8 Å². The number of carbonyl (C=O) groups is 2. The maximum atomic E-state index is 14.1. The quantitative estimate of drug-likeness (QED) is 0.246. The molecule has 1 aromatic heterocycles. The molecule has 0 bridgehead atoms. The first-order valence-corrected chi connectivity index (χ1v) is 12.0. The second-order valence-electron chi connectivity index (χ2n) is 8.92. The van der Waals surface area contributed by atoms with Gasteiger partial charge in [-0.25, -0.2) is 8.78 Å². The number of aliphatic hydroxyl groups excluding tert-OH is 1. The Morgan fingerprint density at radius 2 is 1.80 bits per heavy atom. The summed E-state index contributed by atoms with van der Waals surface area (Å²) in [6.45, 7) is 8.25. The first-order chi connectivity index (χ1) is 16.6. The van der Waals surface area contributed by atoms with Crippen LogP contribution in [0.25, 0.3) is 5.76 Å². The van der Waals surface area contributed by atoms with Crippen LogP contribution in [0.4, 0.5) is 14.5 Å². The van der Waals surface area contributed by atoms with E-state index in [1.54, 1.807) is 23.6 Å². The van der Waals surface area contributed by atoms with E-state index in [9.17, 15) is 23.5 Å². The molecular weight excluding hydrogens is 472 g/mol. The maximum Gasteiger partial charge on any atom is 0.300 e. The van der Waals surface area contributed by atoms with Gasteiger partial charge in [0.2, 0.25) is 0 Å². The highest BCUT2D eigenvalue weighted by Crippen LogP contribution is 2.45. The monoisotopic (exact) mass is 497 g/mol. The Balaban J connectivity index is 1.85. The van der Waals surface area contributed by atoms with Gasteiger partial charge in [-0.05, 0) is 72.7 Å². The van der Waals surface area contributed by atoms with Crippen LogP contribution in [0.2, 0.25) is 0 Å². The van der Waals surface area contributed by atoms with Crippen molar-refractivity contribution >= 4 is 34.5 Å². The number of benzene rings is 2. The molecule has 1 N–H and O–H groups in total. The number of Topliss-reactive ketones (excluding diaryl/α,β-unsaturated/α-hetero) is 1. The Hall–Kier alpha value is -3.52. The van der Waals surface area contributed by atoms with Crippen molar-refractivity contribution < 1.29 is 28.2 Å². The van der Waals surface area contributed by atoms with Crippen LogP contribution in [0.1, 0.15) is 41.5 Å². The summed E-state index contributed by atoms with van der Waals surface area (Å²) in [4.78, 5) is 28.1. The van der Waals surface area contributed by atoms with E-state index in [1.807, 2.05) is 33.8 Å². The molecular formula is C27H25F2NO4S. The summed E-state index contributed by atoms with van der Waals surface area (Å²) in [5.41, 5.74) is 1.82. The molecule has 0 spiro atoms. The van der Waals surface area contributed by atoms with E-state index >= 15 is 0 Å². The summed E-state index contributed by atoms with van der Waals surface area (Å²) in [7, 11) is 0. The molecule has 1 fully saturated rings. The molecule has 5 nitrogen and oxygen atoms in total. The van der Waals surface area contributed by atoms with E-state index < -0.39 is 29.4 Å². The highest BCUT2D eigenvalue weighted by molar-refractivity contribution is 7.10. The van der Waals surface area contributed by atoms with Gasteiger partial charge in [-0.3, -0.25) is 14.5 Å². The van der Waals surface area contributed by atoms with Crippen LogP contribution < -0.4 is 9.64 Å². The van der Waals surface area contributed by atoms with Crippen molar-refractivity contribution in [1.29, 1.82) is 0 Å². The molecule has 35 heavy (non-hydrogen) atoms. The number of aryl methyl sites for hydroxylation is 2. The number of nitrogens with zero attached hydrogens (tertiary/aromatic N) is 1. The lowest BCUT2D eigenvalue weighted by Gasteiger charge is -2.25. The summed E-state index contributed by atoms with van der Waals surface area (Å²) in [6.07, 6.45) is 0. The number of ether oxygens (including phenoxy) is 1. The number of rotatable bonds is 6. The van der Waals surface area contributed by atoms with Crippen LogP contribution in [-0.4, -0.2) is 23.4 Å². The molecule has 3 aromatic rings. The number of hydrogen-bond acceptors (Lipinski definition) is 5. The topological polar surface area (TPSA) is 66.8 Å². The lowest BCUT2D eigenvalue weighted by Crippen LogP contribution is -2.29. The Bertz CT molecular complexity index is 1340. The van der Waals surface area contributed by atoms with Crippen molar-refractivity contribution in [2.24, 2.45) is 5.92 Å². The standard InChI is InChI=1S/C27H25F2NO4S/c1-14(2)13-34-21-8-5-17(11-16(21)4)24(31)22-23(26-15(3)9-10-35-26)30(27(33)25(22)32)18-6-7-19(28)20(29)12-18/h5-12,14,23,31H,13H2,1-4H3/b24-22-. The molecule has 1 saturated heterocycles. The van der Waals surface area contributed by atoms with Gasteiger partial charge < -0.3 is 9.84 Å². The third-order valence-corrected chi connectivity index (χ3v) is 6.87. The number of anilines is 1. The van der Waals surface area contributed by atoms with Gasteiger partial charge in [-0.15, -0.1) is 11.3 Å². The number of amides is 1. The first-order valence-electron chi connectivity index (χ1n) is 11.1. The van der Waals surface area contributed by atoms with E-state index in [1.165, 1.54) is 17.4 Å². The minimum absolute atomic E-state index is 0.0245. The molecule has 8 heteroatoms. The summed E-state index contributed by atoms with van der Waals surface area (Å²) in [6, 6.07) is 8.89. The Labute approximate surface area is 206 Å². The number of carbonyl (C=O) groups excluding carboxylic acids is 2. The minimum atomic E-state index is -1.14. The predicted octanol–water partition coefficient (Wildman–Crippen LogP) is 6.30. The lowest BCUT2D eigenvalue weighted by molar-refractivity contribution is -0.132. The predicted molar refractivity (Wildman–Crippen MR) is 132 cm³/mol. The van der Waals surface area contributed by atoms with E-state index in [4.69, 9.17) is 4.74 Å². The van der Waals surface area contributed by atoms with E-state index in [0.717, 1.165) is 28.2 Å². The Morgan fingerprint density at radius 1 is 1.06 bits per heavy atom. The minimum Gasteiger partial charge on any atom is -0.507 e. The molecule has 4 rings (SSSR count). The molecule has 2 heterocycles. The normalized spacial score (nSPS) is 17.5. The summed E-state index contributed by atoms with van der Waals surface area (Å²) >= 11 is 1.31. The average Bonchev–Trinajstić information content (AvgIpc) is 3.34. The second kappa shape index (κ2) is 9.62. The summed E-state index contributed by atoms with van der Waals surface area (Å²) in [5, 5.41) is 13.1. The van der Waals surface area contributed by atoms with Crippen molar-refractivity contribution in [1.82, 2.24) is 0 Å². The fraction of sp³-hybridized carbons (Fsp3) is 0.259. The fourth-order valence-electron chi connectivity index (χ4n) is 4.02. The second-order valence-corrected chi connectivity index (χ2v) is 9.87. The van der Waals surface area contributed by atoms with Crippen LogP contribution >= 0.6 is 11.3 Å². The number of aliphatic hydroxyl groups is 1. The summed E-state index contributed by atoms with van der Waals surface area (Å²) < 4.78 is 33.4. The SMILES string of the molecule is Cc1cc(/C(O)=C2/C(=O)C(=O)N(c3ccc(F)c(F)c3)C2c2sccc2C)ccc1OCC(C)C. The first kappa shape index (κ1) is 24.6. The van der Waals surface area contributed by atoms with Gasteiger partial charge in [0, 0.05) is 22.2 Å². The molecule has 1 amide bonds. The zero-order valence-electron chi connectivity index (χ0n) is 19.8. The molecule has 0 radical (unpaired) electrons. The smallest absolute Gasteiger partial charge is 0.300 e. The number of thiophene rings is 1. The zero-order chi connectivity index (χ0) is 25.4. The van der Waals surface area contributed by atoms with E-state index in [-0.39, 0.29) is 17.0 Å². The van der Waals surface area contributed by atoms with Crippen LogP contribution in [0, 0.1) is 31.4 Å². The summed E-state index contributed by atoms with van der Waals surface area (Å²) in [5.74, 6) is -3.38. The molecule has 1 aliphatic rings. The number of hydrogen-bond donors (Lipinski definition) is 1. The van der Waals surface area contributed by atoms with Crippen molar-refractivity contribution in [3.63, 3.8) is 0 Å². The molecule has 2 aromatic carbocycles. The van der Waals surface area contributed by atoms with Gasteiger partial charge in [0.15, 0.2) is 11.6 Å². The molecule has 1 unspecified atom stereocenters. The van der Waals surface area contributed by atoms with Crippen LogP contribution in [-0.2, 0) is 9.59 Å². The molecule has 182 valence electrons. The molecule has 0 saturated carbocycles. The third-order valence-electron chi connectivity index (χ3n) is 5.80. The van der Waals surface area contributed by atoms with Crippen molar-refractivity contribution in [2.75, 3.05) is 11.5 Å². The fourth-order valence-corrected chi connectivity index (χ4v) is 5.04. The van der Waals surface area contributed by atoms with Crippen molar-refractivity contribution in [3.05, 3.63) is 86.6 Å². The van der Waals surface area contributed by atoms with Crippen LogP contribution in [0.3, 0.4) is 0 Å². The highest BCUT2D eigenvalue weighted by Gasteiger charge is 2.48. The maximum absolute atomic E-state index is 14.1. The van der Waals surface area contributed by atoms with Crippen molar-refractivity contribution in [3.8, 4) is 5.75 Å². The third kappa shape index (κ3) is 4.58. The number of ketones is 1. The van der Waals surface area contributed by atoms with Crippen LogP contribution in [0.5, 0.6) is 5.75 Å². The Morgan fingerprint density at radius 3 is 2.40 bits per heavy atom. The number of halogens is 2. The largest absolute Gasteiger partial charge is 0.507 e. The van der Waals surface area contributed by atoms with Crippen molar-refractivity contribution in [2.45, 2.75) is 33.7 Å². The lowest BCUT2D eigenvalue weighted by atomic mass is 9.97. The van der Waals surface area contributed by atoms with Crippen LogP contribution in [0.15, 0.2) is 53.4 Å². The zero-order valence-corrected chi connectivity index (χ0v) is 20.6. The molecule has 0 aliphatic carbocycles. The van der Waals surface area contributed by atoms with Gasteiger partial charge in [-0.2, -0.15) is 0 Å².